The fourth-order valence-corrected chi connectivity index (χ4v) is 11.1. The molecule has 0 spiro atoms. The third-order valence-corrected chi connectivity index (χ3v) is 18.3. The Hall–Kier alpha value is -4.68. The van der Waals surface area contributed by atoms with Gasteiger partial charge in [0.1, 0.15) is 0 Å². The minimum absolute atomic E-state index is 0.804. The van der Waals surface area contributed by atoms with Crippen molar-refractivity contribution in [3.8, 4) is 0 Å². The van der Waals surface area contributed by atoms with Gasteiger partial charge in [-0.2, -0.15) is 0 Å². The van der Waals surface area contributed by atoms with Crippen molar-refractivity contribution in [2.75, 3.05) is 0 Å². The largest absolute Gasteiger partial charge is 0.0628 e. The Morgan fingerprint density at radius 1 is 0.146 bits per heavy atom. The van der Waals surface area contributed by atoms with Gasteiger partial charge < -0.3 is 0 Å². The number of rotatable bonds is 36. The molecule has 0 heteroatoms. The van der Waals surface area contributed by atoms with Gasteiger partial charge in [-0.15, -0.1) is 0 Å². The van der Waals surface area contributed by atoms with Gasteiger partial charge in [0.15, 0.2) is 0 Å². The van der Waals surface area contributed by atoms with E-state index in [1.807, 2.05) is 0 Å². The van der Waals surface area contributed by atoms with Crippen molar-refractivity contribution in [2.45, 2.75) is 320 Å². The Bertz CT molecular complexity index is 2360. The zero-order valence-corrected chi connectivity index (χ0v) is 67.8. The van der Waals surface area contributed by atoms with Crippen molar-refractivity contribution in [1.29, 1.82) is 0 Å². The first kappa shape index (κ1) is 89.3. The maximum atomic E-state index is 2.39. The van der Waals surface area contributed by atoms with Gasteiger partial charge in [0.2, 0.25) is 0 Å². The maximum Gasteiger partial charge on any atom is -0.0274 e. The molecule has 0 aromatic heterocycles. The number of hydrogen-bond acceptors (Lipinski definition) is 0. The van der Waals surface area contributed by atoms with Crippen LogP contribution in [0.25, 0.3) is 0 Å². The summed E-state index contributed by atoms with van der Waals surface area (Å²) < 4.78 is 0. The first-order chi connectivity index (χ1) is 45.5. The van der Waals surface area contributed by atoms with Gasteiger partial charge >= 0.3 is 0 Å². The molecule has 0 aliphatic heterocycles. The molecular formula is C96H156. The van der Waals surface area contributed by atoms with Crippen molar-refractivity contribution in [3.05, 3.63) is 212 Å². The lowest BCUT2D eigenvalue weighted by atomic mass is 9.94. The molecule has 0 atom stereocenters. The van der Waals surface area contributed by atoms with Crippen molar-refractivity contribution >= 4 is 0 Å². The molecule has 0 amide bonds. The van der Waals surface area contributed by atoms with E-state index < -0.39 is 0 Å². The Morgan fingerprint density at radius 2 is 0.281 bits per heavy atom. The summed E-state index contributed by atoms with van der Waals surface area (Å²) in [4.78, 5) is 0. The highest BCUT2D eigenvalue weighted by Gasteiger charge is 2.09. The van der Waals surface area contributed by atoms with Crippen molar-refractivity contribution in [1.82, 2.24) is 0 Å². The van der Waals surface area contributed by atoms with E-state index in [9.17, 15) is 0 Å². The fourth-order valence-electron chi connectivity index (χ4n) is 11.1. The van der Waals surface area contributed by atoms with Gasteiger partial charge in [-0.05, 0) is 292 Å². The molecular weight excluding hydrogens is 1150 g/mol. The molecule has 0 heterocycles. The molecule has 0 aliphatic carbocycles. The van der Waals surface area contributed by atoms with Crippen LogP contribution in [0.2, 0.25) is 0 Å². The Balaban J connectivity index is 0.000000576. The van der Waals surface area contributed by atoms with Crippen molar-refractivity contribution in [3.63, 3.8) is 0 Å². The summed E-state index contributed by atoms with van der Waals surface area (Å²) in [7, 11) is 0. The molecule has 0 aliphatic rings. The first-order valence-corrected chi connectivity index (χ1v) is 39.9. The molecule has 0 saturated heterocycles. The first-order valence-electron chi connectivity index (χ1n) is 39.9. The van der Waals surface area contributed by atoms with Crippen molar-refractivity contribution in [2.24, 2.45) is 71.0 Å². The molecule has 0 saturated carbocycles. The second kappa shape index (κ2) is 54.2. The average Bonchev–Trinajstić information content (AvgIpc) is 1.07. The standard InChI is InChI=1S/6C16H26/c2*1-13(2)5-7-15-9-11-16(12-10-15)8-6-14(3)4;2*1-13(2)8-10-15-6-5-7-16(12-15)11-9-14(3)4;2*1-13(2)9-11-15-7-5-6-8-16(15)12-10-14(3)4/h2*9-14H,5-8H2,1-4H3;2*5-7,12-14H,8-11H2,1-4H3;2*5-8,13-14H,9-12H2,1-4H3. The van der Waals surface area contributed by atoms with E-state index in [0.717, 1.165) is 71.0 Å². The van der Waals surface area contributed by atoms with E-state index in [2.05, 4.69) is 312 Å². The molecule has 0 fully saturated rings. The maximum absolute atomic E-state index is 2.39. The van der Waals surface area contributed by atoms with Crippen LogP contribution in [0, 0.1) is 71.0 Å². The lowest BCUT2D eigenvalue weighted by Gasteiger charge is -2.12. The van der Waals surface area contributed by atoms with Gasteiger partial charge in [-0.1, -0.05) is 312 Å². The van der Waals surface area contributed by atoms with E-state index in [0.29, 0.717) is 0 Å². The van der Waals surface area contributed by atoms with E-state index in [-0.39, 0.29) is 0 Å². The lowest BCUT2D eigenvalue weighted by Crippen LogP contribution is -1.99. The minimum Gasteiger partial charge on any atom is -0.0628 e. The quantitative estimate of drug-likeness (QED) is 0.0368. The van der Waals surface area contributed by atoms with E-state index in [1.165, 1.54) is 199 Å². The summed E-state index contributed by atoms with van der Waals surface area (Å²) >= 11 is 0. The highest BCUT2D eigenvalue weighted by molar-refractivity contribution is 5.30. The molecule has 0 bridgehead atoms. The Morgan fingerprint density at radius 3 is 0.427 bits per heavy atom. The van der Waals surface area contributed by atoms with Crippen LogP contribution in [0.15, 0.2) is 146 Å². The van der Waals surface area contributed by atoms with Crippen LogP contribution in [0.5, 0.6) is 0 Å². The van der Waals surface area contributed by atoms with Gasteiger partial charge in [-0.25, -0.2) is 0 Å². The summed E-state index contributed by atoms with van der Waals surface area (Å²) in [5.41, 5.74) is 18.3. The lowest BCUT2D eigenvalue weighted by molar-refractivity contribution is 0.571. The number of aryl methyl sites for hydroxylation is 12. The number of hydrogen-bond donors (Lipinski definition) is 0. The average molecular weight is 1310 g/mol. The fraction of sp³-hybridized carbons (Fsp3) is 0.625. The smallest absolute Gasteiger partial charge is 0.0274 e. The summed E-state index contributed by atoms with van der Waals surface area (Å²) in [5.74, 6) is 9.66. The normalized spacial score (nSPS) is 11.4. The third-order valence-electron chi connectivity index (χ3n) is 18.3. The van der Waals surface area contributed by atoms with Gasteiger partial charge in [0.05, 0.1) is 0 Å². The Labute approximate surface area is 600 Å². The topological polar surface area (TPSA) is 0 Å². The molecule has 0 radical (unpaired) electrons. The van der Waals surface area contributed by atoms with E-state index in [4.69, 9.17) is 0 Å². The highest BCUT2D eigenvalue weighted by atomic mass is 14.1. The second-order valence-electron chi connectivity index (χ2n) is 34.0. The predicted octanol–water partition coefficient (Wildman–Crippen LogP) is 29.2. The molecule has 6 rings (SSSR count). The summed E-state index contributed by atoms with van der Waals surface area (Å²) in [6, 6.07) is 54.6. The van der Waals surface area contributed by atoms with Crippen LogP contribution in [-0.2, 0) is 77.0 Å². The second-order valence-corrected chi connectivity index (χ2v) is 34.0. The molecule has 540 valence electrons. The molecule has 6 aromatic carbocycles. The zero-order chi connectivity index (χ0) is 71.8. The molecule has 0 N–H and O–H groups in total. The van der Waals surface area contributed by atoms with Crippen LogP contribution in [0.4, 0.5) is 0 Å². The predicted molar refractivity (Wildman–Crippen MR) is 437 cm³/mol. The van der Waals surface area contributed by atoms with Crippen LogP contribution >= 0.6 is 0 Å². The third kappa shape index (κ3) is 50.6. The van der Waals surface area contributed by atoms with E-state index in [1.54, 1.807) is 22.3 Å². The monoisotopic (exact) mass is 1310 g/mol. The van der Waals surface area contributed by atoms with Gasteiger partial charge in [0, 0.05) is 0 Å². The summed E-state index contributed by atoms with van der Waals surface area (Å²) in [6.07, 6.45) is 30.4. The minimum atomic E-state index is 0.804. The van der Waals surface area contributed by atoms with Crippen LogP contribution in [-0.4, -0.2) is 0 Å². The SMILES string of the molecule is CC(C)CCc1ccc(CCC(C)C)cc1.CC(C)CCc1ccc(CCC(C)C)cc1.CC(C)CCc1cccc(CCC(C)C)c1.CC(C)CCc1cccc(CCC(C)C)c1.CC(C)CCc1ccccc1CCC(C)C.CC(C)CCc1ccccc1CCC(C)C. The molecule has 96 heavy (non-hydrogen) atoms. The molecule has 0 unspecified atom stereocenters. The highest BCUT2D eigenvalue weighted by Crippen LogP contribution is 2.22. The van der Waals surface area contributed by atoms with Crippen molar-refractivity contribution < 1.29 is 0 Å². The summed E-state index contributed by atoms with van der Waals surface area (Å²) in [6.45, 7) is 55.1. The van der Waals surface area contributed by atoms with E-state index >= 15 is 0 Å². The van der Waals surface area contributed by atoms with Gasteiger partial charge in [0.25, 0.3) is 0 Å². The molecule has 0 nitrogen and oxygen atoms in total. The molecule has 6 aromatic rings. The van der Waals surface area contributed by atoms with Crippen LogP contribution in [0.3, 0.4) is 0 Å². The van der Waals surface area contributed by atoms with Crippen LogP contribution in [0.1, 0.15) is 310 Å². The Kier molecular flexibility index (Phi) is 50.4. The zero-order valence-electron chi connectivity index (χ0n) is 67.8. The van der Waals surface area contributed by atoms with Crippen LogP contribution < -0.4 is 0 Å². The summed E-state index contributed by atoms with van der Waals surface area (Å²) in [5, 5.41) is 0. The van der Waals surface area contributed by atoms with Gasteiger partial charge in [-0.3, -0.25) is 0 Å². The number of benzene rings is 6.